The van der Waals surface area contributed by atoms with Gasteiger partial charge >= 0.3 is 0 Å². The molecule has 0 unspecified atom stereocenters. The lowest BCUT2D eigenvalue weighted by atomic mass is 10.3. The van der Waals surface area contributed by atoms with Crippen molar-refractivity contribution in [3.8, 4) is 0 Å². The molecule has 2 aromatic rings. The number of nitrogens with one attached hydrogen (secondary N) is 1. The number of benzene rings is 1. The quantitative estimate of drug-likeness (QED) is 0.916. The Labute approximate surface area is 94.6 Å². The van der Waals surface area contributed by atoms with Crippen molar-refractivity contribution in [2.45, 2.75) is 6.54 Å². The first kappa shape index (κ1) is 9.96. The van der Waals surface area contributed by atoms with Gasteiger partial charge in [-0.25, -0.2) is 4.98 Å². The van der Waals surface area contributed by atoms with Gasteiger partial charge in [0, 0.05) is 4.47 Å². The van der Waals surface area contributed by atoms with Crippen LogP contribution in [-0.4, -0.2) is 12.0 Å². The Balaban J connectivity index is 2.58. The van der Waals surface area contributed by atoms with Crippen molar-refractivity contribution in [3.05, 3.63) is 27.5 Å². The van der Waals surface area contributed by atoms with Crippen molar-refractivity contribution in [2.75, 3.05) is 7.05 Å². The van der Waals surface area contributed by atoms with Gasteiger partial charge in [-0.1, -0.05) is 27.5 Å². The van der Waals surface area contributed by atoms with E-state index in [1.54, 1.807) is 6.07 Å². The fourth-order valence-corrected chi connectivity index (χ4v) is 2.06. The Kier molecular flexibility index (Phi) is 2.76. The highest BCUT2D eigenvalue weighted by molar-refractivity contribution is 9.10. The van der Waals surface area contributed by atoms with Crippen LogP contribution in [0.5, 0.6) is 0 Å². The van der Waals surface area contributed by atoms with Crippen LogP contribution in [-0.2, 0) is 6.54 Å². The number of aromatic nitrogens is 1. The highest BCUT2D eigenvalue weighted by atomic mass is 79.9. The Morgan fingerprint density at radius 1 is 1.57 bits per heavy atom. The third kappa shape index (κ3) is 1.78. The Morgan fingerprint density at radius 3 is 3.07 bits per heavy atom. The van der Waals surface area contributed by atoms with Crippen molar-refractivity contribution >= 4 is 38.6 Å². The van der Waals surface area contributed by atoms with Crippen LogP contribution >= 0.6 is 27.5 Å². The summed E-state index contributed by atoms with van der Waals surface area (Å²) < 4.78 is 6.37. The van der Waals surface area contributed by atoms with E-state index in [1.165, 1.54) is 0 Å². The van der Waals surface area contributed by atoms with Gasteiger partial charge < -0.3 is 9.73 Å². The molecule has 3 nitrogen and oxygen atoms in total. The van der Waals surface area contributed by atoms with E-state index in [1.807, 2.05) is 13.1 Å². The molecule has 0 radical (unpaired) electrons. The van der Waals surface area contributed by atoms with Crippen LogP contribution in [0.2, 0.25) is 5.02 Å². The largest absolute Gasteiger partial charge is 0.438 e. The summed E-state index contributed by atoms with van der Waals surface area (Å²) in [6.07, 6.45) is 0. The van der Waals surface area contributed by atoms with Gasteiger partial charge in [-0.15, -0.1) is 0 Å². The van der Waals surface area contributed by atoms with Gasteiger partial charge in [-0.2, -0.15) is 0 Å². The van der Waals surface area contributed by atoms with Gasteiger partial charge in [-0.3, -0.25) is 0 Å². The lowest BCUT2D eigenvalue weighted by molar-refractivity contribution is 0.511. The molecular weight excluding hydrogens is 267 g/mol. The van der Waals surface area contributed by atoms with E-state index in [9.17, 15) is 0 Å². The Morgan fingerprint density at radius 2 is 2.36 bits per heavy atom. The van der Waals surface area contributed by atoms with E-state index in [0.29, 0.717) is 23.0 Å². The van der Waals surface area contributed by atoms with Crippen LogP contribution in [0.3, 0.4) is 0 Å². The molecule has 0 aliphatic rings. The summed E-state index contributed by atoms with van der Waals surface area (Å²) >= 11 is 9.34. The molecule has 1 N–H and O–H groups in total. The second-order valence-electron chi connectivity index (χ2n) is 2.87. The lowest BCUT2D eigenvalue weighted by Gasteiger charge is -1.92. The van der Waals surface area contributed by atoms with Crippen molar-refractivity contribution in [1.29, 1.82) is 0 Å². The minimum Gasteiger partial charge on any atom is -0.438 e. The molecule has 1 aromatic heterocycles. The second-order valence-corrected chi connectivity index (χ2v) is 4.20. The molecule has 2 rings (SSSR count). The Bertz CT molecular complexity index is 469. The lowest BCUT2D eigenvalue weighted by Crippen LogP contribution is -2.04. The molecule has 0 saturated carbocycles. The first-order valence-corrected chi connectivity index (χ1v) is 5.27. The molecular formula is C9H8BrClN2O. The van der Waals surface area contributed by atoms with Crippen LogP contribution in [0, 0.1) is 0 Å². The normalized spacial score (nSPS) is 11.1. The molecule has 0 amide bonds. The minimum absolute atomic E-state index is 0.573. The number of fused-ring (bicyclic) bond motifs is 1. The van der Waals surface area contributed by atoms with E-state index in [0.717, 1.165) is 9.99 Å². The number of nitrogens with zero attached hydrogens (tertiary/aromatic N) is 1. The maximum absolute atomic E-state index is 5.99. The Hall–Kier alpha value is -0.580. The zero-order chi connectivity index (χ0) is 10.1. The van der Waals surface area contributed by atoms with E-state index in [2.05, 4.69) is 26.2 Å². The summed E-state index contributed by atoms with van der Waals surface area (Å²) in [7, 11) is 1.84. The molecule has 0 spiro atoms. The molecule has 74 valence electrons. The molecule has 0 atom stereocenters. The average molecular weight is 276 g/mol. The molecule has 14 heavy (non-hydrogen) atoms. The monoisotopic (exact) mass is 274 g/mol. The topological polar surface area (TPSA) is 38.1 Å². The van der Waals surface area contributed by atoms with Crippen LogP contribution in [0.15, 0.2) is 21.0 Å². The molecule has 1 aromatic carbocycles. The van der Waals surface area contributed by atoms with Gasteiger partial charge in [-0.05, 0) is 19.2 Å². The van der Waals surface area contributed by atoms with Gasteiger partial charge in [0.25, 0.3) is 0 Å². The standard InChI is InChI=1S/C9H8BrClN2O/c1-12-4-8-13-7-3-5(10)2-6(11)9(7)14-8/h2-3,12H,4H2,1H3. The number of halogens is 2. The molecule has 0 aliphatic carbocycles. The maximum Gasteiger partial charge on any atom is 0.209 e. The van der Waals surface area contributed by atoms with Crippen molar-refractivity contribution in [3.63, 3.8) is 0 Å². The minimum atomic E-state index is 0.573. The smallest absolute Gasteiger partial charge is 0.209 e. The summed E-state index contributed by atoms with van der Waals surface area (Å²) in [5, 5.41) is 3.54. The van der Waals surface area contributed by atoms with E-state index in [4.69, 9.17) is 16.0 Å². The number of rotatable bonds is 2. The third-order valence-electron chi connectivity index (χ3n) is 1.78. The van der Waals surface area contributed by atoms with Crippen molar-refractivity contribution < 1.29 is 4.42 Å². The van der Waals surface area contributed by atoms with Gasteiger partial charge in [0.2, 0.25) is 5.89 Å². The predicted molar refractivity (Wildman–Crippen MR) is 59.5 cm³/mol. The number of oxazole rings is 1. The highest BCUT2D eigenvalue weighted by Gasteiger charge is 2.09. The fourth-order valence-electron chi connectivity index (χ4n) is 1.23. The van der Waals surface area contributed by atoms with Crippen LogP contribution in [0.1, 0.15) is 5.89 Å². The molecule has 0 saturated heterocycles. The first-order valence-electron chi connectivity index (χ1n) is 4.10. The maximum atomic E-state index is 5.99. The summed E-state index contributed by atoms with van der Waals surface area (Å²) in [5.41, 5.74) is 1.41. The van der Waals surface area contributed by atoms with Crippen molar-refractivity contribution in [1.82, 2.24) is 10.3 Å². The molecule has 0 aliphatic heterocycles. The van der Waals surface area contributed by atoms with Crippen LogP contribution in [0.4, 0.5) is 0 Å². The number of hydrogen-bond acceptors (Lipinski definition) is 3. The zero-order valence-electron chi connectivity index (χ0n) is 7.47. The molecule has 0 bridgehead atoms. The van der Waals surface area contributed by atoms with Gasteiger partial charge in [0.15, 0.2) is 5.58 Å². The van der Waals surface area contributed by atoms with Gasteiger partial charge in [0.05, 0.1) is 11.6 Å². The van der Waals surface area contributed by atoms with Crippen molar-refractivity contribution in [2.24, 2.45) is 0 Å². The van der Waals surface area contributed by atoms with E-state index < -0.39 is 0 Å². The van der Waals surface area contributed by atoms with E-state index in [-0.39, 0.29) is 0 Å². The zero-order valence-corrected chi connectivity index (χ0v) is 9.82. The third-order valence-corrected chi connectivity index (χ3v) is 2.52. The summed E-state index contributed by atoms with van der Waals surface area (Å²) in [5.74, 6) is 0.641. The number of hydrogen-bond donors (Lipinski definition) is 1. The highest BCUT2D eigenvalue weighted by Crippen LogP contribution is 2.28. The fraction of sp³-hybridized carbons (Fsp3) is 0.222. The van der Waals surface area contributed by atoms with Crippen LogP contribution < -0.4 is 5.32 Å². The average Bonchev–Trinajstić information content (AvgIpc) is 2.48. The SMILES string of the molecule is CNCc1nc2cc(Br)cc(Cl)c2o1. The molecule has 0 fully saturated rings. The summed E-state index contributed by atoms with van der Waals surface area (Å²) in [6.45, 7) is 0.600. The summed E-state index contributed by atoms with van der Waals surface area (Å²) in [4.78, 5) is 4.28. The van der Waals surface area contributed by atoms with Gasteiger partial charge in [0.1, 0.15) is 5.52 Å². The first-order chi connectivity index (χ1) is 6.70. The van der Waals surface area contributed by atoms with Crippen LogP contribution in [0.25, 0.3) is 11.1 Å². The molecule has 1 heterocycles. The second kappa shape index (κ2) is 3.88. The predicted octanol–water partition coefficient (Wildman–Crippen LogP) is 2.96. The van der Waals surface area contributed by atoms with E-state index >= 15 is 0 Å². The molecule has 5 heteroatoms. The summed E-state index contributed by atoms with van der Waals surface area (Å²) in [6, 6.07) is 3.67.